The zero-order chi connectivity index (χ0) is 16.5. The average molecular weight is 328 g/mol. The van der Waals surface area contributed by atoms with E-state index < -0.39 is 25.8 Å². The van der Waals surface area contributed by atoms with Crippen LogP contribution in [0.2, 0.25) is 0 Å². The molecule has 0 unspecified atom stereocenters. The maximum Gasteiger partial charge on any atom is 0.665 e. The molecule has 0 bridgehead atoms. The monoisotopic (exact) mass is 327 g/mol. The Labute approximate surface area is 126 Å². The van der Waals surface area contributed by atoms with Gasteiger partial charge in [0.1, 0.15) is 15.5 Å². The standard InChI is InChI=1S/C10H6ClN5O6/c11-10(15(19)20,16(21)22)13-8(6-9(12-13)14(17)18)7-4-2-1-3-5-7/h1-6H. The first-order valence-electron chi connectivity index (χ1n) is 5.56. The molecule has 0 atom stereocenters. The second-order valence-corrected chi connectivity index (χ2v) is 4.50. The van der Waals surface area contributed by atoms with Gasteiger partial charge in [0.2, 0.25) is 0 Å². The summed E-state index contributed by atoms with van der Waals surface area (Å²) >= 11 is 5.49. The number of hydrogen-bond donors (Lipinski definition) is 0. The summed E-state index contributed by atoms with van der Waals surface area (Å²) in [7, 11) is 0. The summed E-state index contributed by atoms with van der Waals surface area (Å²) in [5, 5.41) is 32.8. The Hall–Kier alpha value is -3.08. The molecule has 0 aliphatic rings. The van der Waals surface area contributed by atoms with Crippen LogP contribution in [0.1, 0.15) is 0 Å². The van der Waals surface area contributed by atoms with Crippen LogP contribution < -0.4 is 0 Å². The predicted octanol–water partition coefficient (Wildman–Crippen LogP) is 1.82. The van der Waals surface area contributed by atoms with Gasteiger partial charge >= 0.3 is 11.1 Å². The molecule has 0 N–H and O–H groups in total. The van der Waals surface area contributed by atoms with Crippen molar-refractivity contribution in [3.8, 4) is 11.3 Å². The summed E-state index contributed by atoms with van der Waals surface area (Å²) in [5.41, 5.74) is 0.0209. The van der Waals surface area contributed by atoms with Crippen molar-refractivity contribution in [2.75, 3.05) is 0 Å². The summed E-state index contributed by atoms with van der Waals surface area (Å²) in [6, 6.07) is 8.51. The Kier molecular flexibility index (Phi) is 3.73. The van der Waals surface area contributed by atoms with Crippen molar-refractivity contribution in [2.45, 2.75) is 5.25 Å². The van der Waals surface area contributed by atoms with E-state index in [0.717, 1.165) is 6.07 Å². The molecule has 1 aromatic heterocycles. The molecule has 0 radical (unpaired) electrons. The number of alkyl halides is 1. The normalized spacial score (nSPS) is 11.1. The van der Waals surface area contributed by atoms with Crippen molar-refractivity contribution in [3.63, 3.8) is 0 Å². The molecule has 0 spiro atoms. The van der Waals surface area contributed by atoms with Crippen LogP contribution in [0, 0.1) is 30.3 Å². The fourth-order valence-corrected chi connectivity index (χ4v) is 1.84. The van der Waals surface area contributed by atoms with Crippen molar-refractivity contribution < 1.29 is 14.8 Å². The minimum absolute atomic E-state index is 0.210. The van der Waals surface area contributed by atoms with Crippen molar-refractivity contribution in [1.82, 2.24) is 9.78 Å². The number of halogens is 1. The lowest BCUT2D eigenvalue weighted by Gasteiger charge is -2.09. The Balaban J connectivity index is 2.77. The summed E-state index contributed by atoms with van der Waals surface area (Å²) in [6.07, 6.45) is 0. The van der Waals surface area contributed by atoms with Gasteiger partial charge in [0.15, 0.2) is 0 Å². The van der Waals surface area contributed by atoms with Crippen LogP contribution in [0.5, 0.6) is 0 Å². The van der Waals surface area contributed by atoms with Crippen molar-refractivity contribution in [2.24, 2.45) is 0 Å². The zero-order valence-electron chi connectivity index (χ0n) is 10.5. The van der Waals surface area contributed by atoms with E-state index in [1.54, 1.807) is 18.2 Å². The van der Waals surface area contributed by atoms with E-state index in [4.69, 9.17) is 11.6 Å². The first-order chi connectivity index (χ1) is 10.3. The minimum atomic E-state index is -3.39. The van der Waals surface area contributed by atoms with E-state index in [1.807, 2.05) is 0 Å². The molecule has 2 aromatic rings. The number of benzene rings is 1. The number of aromatic nitrogens is 2. The highest BCUT2D eigenvalue weighted by Crippen LogP contribution is 2.32. The molecule has 114 valence electrons. The summed E-state index contributed by atoms with van der Waals surface area (Å²) < 4.78 is 0.210. The molecule has 0 aliphatic carbocycles. The maximum atomic E-state index is 11.0. The molecule has 0 saturated carbocycles. The minimum Gasteiger partial charge on any atom is -0.358 e. The largest absolute Gasteiger partial charge is 0.665 e. The van der Waals surface area contributed by atoms with Crippen LogP contribution in [0.3, 0.4) is 0 Å². The first kappa shape index (κ1) is 15.3. The summed E-state index contributed by atoms with van der Waals surface area (Å²) in [6.45, 7) is 0. The fourth-order valence-electron chi connectivity index (χ4n) is 1.71. The third-order valence-electron chi connectivity index (χ3n) is 2.69. The van der Waals surface area contributed by atoms with Gasteiger partial charge < -0.3 is 10.1 Å². The summed E-state index contributed by atoms with van der Waals surface area (Å²) in [5.74, 6) is -0.799. The van der Waals surface area contributed by atoms with Crippen molar-refractivity contribution in [1.29, 1.82) is 0 Å². The lowest BCUT2D eigenvalue weighted by molar-refractivity contribution is -0.801. The van der Waals surface area contributed by atoms with Crippen LogP contribution in [0.15, 0.2) is 36.4 Å². The van der Waals surface area contributed by atoms with Crippen LogP contribution in [0.25, 0.3) is 11.3 Å². The van der Waals surface area contributed by atoms with E-state index in [-0.39, 0.29) is 15.9 Å². The highest BCUT2D eigenvalue weighted by atomic mass is 35.5. The third-order valence-corrected chi connectivity index (χ3v) is 3.12. The zero-order valence-corrected chi connectivity index (χ0v) is 11.3. The molecule has 2 rings (SSSR count). The van der Waals surface area contributed by atoms with Gasteiger partial charge in [0, 0.05) is 5.56 Å². The molecular weight excluding hydrogens is 322 g/mol. The van der Waals surface area contributed by atoms with Crippen LogP contribution >= 0.6 is 11.6 Å². The summed E-state index contributed by atoms with van der Waals surface area (Å²) in [4.78, 5) is 29.2. The van der Waals surface area contributed by atoms with Crippen molar-refractivity contribution >= 4 is 17.4 Å². The van der Waals surface area contributed by atoms with Gasteiger partial charge in [-0.05, 0) is 9.61 Å². The number of hydrogen-bond acceptors (Lipinski definition) is 7. The van der Waals surface area contributed by atoms with E-state index in [2.05, 4.69) is 5.10 Å². The van der Waals surface area contributed by atoms with Gasteiger partial charge in [-0.3, -0.25) is 20.2 Å². The SMILES string of the molecule is O=[N+]([O-])c1cc(-c2ccccc2)n(C(Cl)([N+](=O)[O-])[N+](=O)[O-])n1. The van der Waals surface area contributed by atoms with Gasteiger partial charge in [-0.1, -0.05) is 30.3 Å². The lowest BCUT2D eigenvalue weighted by atomic mass is 10.1. The van der Waals surface area contributed by atoms with Crippen LogP contribution in [-0.2, 0) is 5.25 Å². The van der Waals surface area contributed by atoms with Gasteiger partial charge in [0.25, 0.3) is 0 Å². The molecule has 11 nitrogen and oxygen atoms in total. The van der Waals surface area contributed by atoms with Gasteiger partial charge in [0.05, 0.1) is 22.8 Å². The van der Waals surface area contributed by atoms with Crippen molar-refractivity contribution in [3.05, 3.63) is 66.7 Å². The topological polar surface area (TPSA) is 147 Å². The molecule has 1 heterocycles. The Bertz CT molecular complexity index is 746. The van der Waals surface area contributed by atoms with Gasteiger partial charge in [-0.15, -0.1) is 0 Å². The van der Waals surface area contributed by atoms with E-state index in [1.165, 1.54) is 12.1 Å². The molecule has 12 heteroatoms. The average Bonchev–Trinajstić information content (AvgIpc) is 2.92. The third kappa shape index (κ3) is 2.33. The molecule has 1 aromatic carbocycles. The van der Waals surface area contributed by atoms with Gasteiger partial charge in [-0.2, -0.15) is 0 Å². The highest BCUT2D eigenvalue weighted by Gasteiger charge is 2.62. The van der Waals surface area contributed by atoms with Gasteiger partial charge in [-0.25, -0.2) is 0 Å². The van der Waals surface area contributed by atoms with Crippen LogP contribution in [-0.4, -0.2) is 24.6 Å². The Morgan fingerprint density at radius 1 is 1.05 bits per heavy atom. The lowest BCUT2D eigenvalue weighted by Crippen LogP contribution is -2.44. The Morgan fingerprint density at radius 3 is 2.05 bits per heavy atom. The number of rotatable bonds is 5. The molecule has 0 amide bonds. The molecular formula is C10H6ClN5O6. The second-order valence-electron chi connectivity index (χ2n) is 3.99. The smallest absolute Gasteiger partial charge is 0.358 e. The molecule has 0 fully saturated rings. The van der Waals surface area contributed by atoms with E-state index in [9.17, 15) is 30.3 Å². The second kappa shape index (κ2) is 5.37. The molecule has 0 saturated heterocycles. The first-order valence-corrected chi connectivity index (χ1v) is 5.94. The molecule has 22 heavy (non-hydrogen) atoms. The van der Waals surface area contributed by atoms with Crippen LogP contribution in [0.4, 0.5) is 5.82 Å². The van der Waals surface area contributed by atoms with E-state index in [0.29, 0.717) is 0 Å². The predicted molar refractivity (Wildman–Crippen MR) is 72.1 cm³/mol. The number of nitro groups is 3. The Morgan fingerprint density at radius 2 is 1.59 bits per heavy atom. The maximum absolute atomic E-state index is 11.0. The number of nitrogens with zero attached hydrogens (tertiary/aromatic N) is 5. The highest BCUT2D eigenvalue weighted by molar-refractivity contribution is 6.19. The molecule has 0 aliphatic heterocycles. The quantitative estimate of drug-likeness (QED) is 0.267. The fraction of sp³-hybridized carbons (Fsp3) is 0.100. The van der Waals surface area contributed by atoms with E-state index >= 15 is 0 Å².